The van der Waals surface area contributed by atoms with Crippen LogP contribution in [0.15, 0.2) is 24.3 Å². The number of ketones is 1. The Morgan fingerprint density at radius 2 is 2.22 bits per heavy atom. The highest BCUT2D eigenvalue weighted by molar-refractivity contribution is 5.93. The fourth-order valence-corrected chi connectivity index (χ4v) is 1.55. The molecule has 0 aliphatic heterocycles. The maximum absolute atomic E-state index is 13.0. The summed E-state index contributed by atoms with van der Waals surface area (Å²) in [7, 11) is 0. The molecule has 1 rings (SSSR count). The third kappa shape index (κ3) is 4.67. The van der Waals surface area contributed by atoms with Crippen LogP contribution < -0.4 is 0 Å². The molecule has 0 radical (unpaired) electrons. The zero-order valence-electron chi connectivity index (χ0n) is 10.3. The number of aliphatic hydroxyl groups excluding tert-OH is 1. The molecule has 1 aromatic rings. The number of hydrogen-bond donors (Lipinski definition) is 2. The van der Waals surface area contributed by atoms with Gasteiger partial charge in [0.15, 0.2) is 17.3 Å². The number of aromatic hydroxyl groups is 1. The number of carbonyl (C=O) groups excluding carboxylic acids is 1. The lowest BCUT2D eigenvalue weighted by atomic mass is 10.1. The Morgan fingerprint density at radius 3 is 2.83 bits per heavy atom. The van der Waals surface area contributed by atoms with Crippen molar-refractivity contribution in [3.8, 4) is 5.75 Å². The van der Waals surface area contributed by atoms with Gasteiger partial charge in [-0.3, -0.25) is 4.79 Å². The van der Waals surface area contributed by atoms with Gasteiger partial charge in [-0.05, 0) is 30.2 Å². The van der Waals surface area contributed by atoms with Crippen molar-refractivity contribution in [2.75, 3.05) is 0 Å². The normalized spacial score (nSPS) is 12.8. The van der Waals surface area contributed by atoms with E-state index in [9.17, 15) is 14.3 Å². The van der Waals surface area contributed by atoms with Gasteiger partial charge in [0.1, 0.15) is 0 Å². The summed E-state index contributed by atoms with van der Waals surface area (Å²) in [4.78, 5) is 11.5. The average Bonchev–Trinajstić information content (AvgIpc) is 2.31. The molecule has 1 aromatic carbocycles. The Kier molecular flexibility index (Phi) is 5.52. The molecular formula is C14H17FO3. The topological polar surface area (TPSA) is 57.5 Å². The minimum Gasteiger partial charge on any atom is -0.505 e. The molecule has 0 saturated heterocycles. The summed E-state index contributed by atoms with van der Waals surface area (Å²) in [6.07, 6.45) is 3.64. The molecule has 0 heterocycles. The Morgan fingerprint density at radius 1 is 1.50 bits per heavy atom. The molecular weight excluding hydrogens is 235 g/mol. The Bertz CT molecular complexity index is 441. The van der Waals surface area contributed by atoms with Gasteiger partial charge in [0, 0.05) is 6.42 Å². The third-order valence-corrected chi connectivity index (χ3v) is 2.49. The molecule has 0 aromatic heterocycles. The molecule has 1 atom stereocenters. The fourth-order valence-electron chi connectivity index (χ4n) is 1.55. The summed E-state index contributed by atoms with van der Waals surface area (Å²) in [5.74, 6) is -1.35. The number of hydrogen-bond acceptors (Lipinski definition) is 3. The minimum atomic E-state index is -0.726. The summed E-state index contributed by atoms with van der Waals surface area (Å²) in [6.45, 7) is 1.93. The van der Waals surface area contributed by atoms with Crippen LogP contribution in [0.4, 0.5) is 4.39 Å². The Hall–Kier alpha value is -1.68. The van der Waals surface area contributed by atoms with E-state index in [0.29, 0.717) is 12.0 Å². The second-order valence-electron chi connectivity index (χ2n) is 4.16. The van der Waals surface area contributed by atoms with E-state index >= 15 is 0 Å². The molecule has 18 heavy (non-hydrogen) atoms. The van der Waals surface area contributed by atoms with Crippen LogP contribution in [0.25, 0.3) is 6.08 Å². The summed E-state index contributed by atoms with van der Waals surface area (Å²) in [5, 5.41) is 18.4. The molecule has 0 aliphatic carbocycles. The first-order valence-corrected chi connectivity index (χ1v) is 5.90. The van der Waals surface area contributed by atoms with Crippen LogP contribution in [-0.2, 0) is 4.79 Å². The zero-order valence-corrected chi connectivity index (χ0v) is 10.3. The van der Waals surface area contributed by atoms with E-state index in [2.05, 4.69) is 0 Å². The van der Waals surface area contributed by atoms with Crippen LogP contribution in [0.2, 0.25) is 0 Å². The van der Waals surface area contributed by atoms with Crippen LogP contribution in [0, 0.1) is 5.82 Å². The van der Waals surface area contributed by atoms with E-state index in [-0.39, 0.29) is 12.2 Å². The van der Waals surface area contributed by atoms with Crippen LogP contribution in [0.5, 0.6) is 5.75 Å². The first kappa shape index (κ1) is 14.4. The minimum absolute atomic E-state index is 0.0743. The molecule has 3 nitrogen and oxygen atoms in total. The molecule has 2 N–H and O–H groups in total. The highest BCUT2D eigenvalue weighted by Gasteiger charge is 2.07. The Labute approximate surface area is 106 Å². The standard InChI is InChI=1S/C14H17FO3/c1-2-3-11(16)9-12(17)6-4-10-5-7-14(18)13(15)8-10/h4-8,11,16,18H,2-3,9H2,1H3/b6-4+. The quantitative estimate of drug-likeness (QED) is 0.765. The van der Waals surface area contributed by atoms with Crippen molar-refractivity contribution in [3.63, 3.8) is 0 Å². The molecule has 0 fully saturated rings. The molecule has 4 heteroatoms. The van der Waals surface area contributed by atoms with Crippen molar-refractivity contribution in [3.05, 3.63) is 35.7 Å². The van der Waals surface area contributed by atoms with Gasteiger partial charge < -0.3 is 10.2 Å². The largest absolute Gasteiger partial charge is 0.505 e. The third-order valence-electron chi connectivity index (χ3n) is 2.49. The number of carbonyl (C=O) groups is 1. The van der Waals surface area contributed by atoms with Gasteiger partial charge in [0.05, 0.1) is 6.10 Å². The van der Waals surface area contributed by atoms with E-state index in [1.807, 2.05) is 6.92 Å². The first-order chi connectivity index (χ1) is 8.52. The van der Waals surface area contributed by atoms with Gasteiger partial charge in [-0.25, -0.2) is 4.39 Å². The molecule has 0 saturated carbocycles. The lowest BCUT2D eigenvalue weighted by molar-refractivity contribution is -0.116. The van der Waals surface area contributed by atoms with Crippen LogP contribution in [-0.4, -0.2) is 22.1 Å². The van der Waals surface area contributed by atoms with E-state index in [1.54, 1.807) is 0 Å². The van der Waals surface area contributed by atoms with Crippen molar-refractivity contribution in [1.82, 2.24) is 0 Å². The van der Waals surface area contributed by atoms with Crippen molar-refractivity contribution in [2.24, 2.45) is 0 Å². The molecule has 0 spiro atoms. The maximum Gasteiger partial charge on any atom is 0.165 e. The van der Waals surface area contributed by atoms with E-state index < -0.39 is 17.7 Å². The second kappa shape index (κ2) is 6.91. The highest BCUT2D eigenvalue weighted by Crippen LogP contribution is 2.17. The summed E-state index contributed by atoms with van der Waals surface area (Å²) < 4.78 is 13.0. The molecule has 1 unspecified atom stereocenters. The van der Waals surface area contributed by atoms with Crippen molar-refractivity contribution >= 4 is 11.9 Å². The molecule has 0 bridgehead atoms. The predicted molar refractivity (Wildman–Crippen MR) is 67.6 cm³/mol. The first-order valence-electron chi connectivity index (χ1n) is 5.90. The van der Waals surface area contributed by atoms with Gasteiger partial charge in [-0.15, -0.1) is 0 Å². The number of aliphatic hydroxyl groups is 1. The van der Waals surface area contributed by atoms with Gasteiger partial charge in [0.25, 0.3) is 0 Å². The second-order valence-corrected chi connectivity index (χ2v) is 4.16. The van der Waals surface area contributed by atoms with Gasteiger partial charge in [0.2, 0.25) is 0 Å². The van der Waals surface area contributed by atoms with Crippen LogP contribution >= 0.6 is 0 Å². The van der Waals surface area contributed by atoms with E-state index in [1.165, 1.54) is 24.3 Å². The SMILES string of the molecule is CCCC(O)CC(=O)/C=C/c1ccc(O)c(F)c1. The smallest absolute Gasteiger partial charge is 0.165 e. The zero-order chi connectivity index (χ0) is 13.5. The van der Waals surface area contributed by atoms with Crippen LogP contribution in [0.3, 0.4) is 0 Å². The molecule has 0 amide bonds. The van der Waals surface area contributed by atoms with Gasteiger partial charge >= 0.3 is 0 Å². The fraction of sp³-hybridized carbons (Fsp3) is 0.357. The van der Waals surface area contributed by atoms with Crippen molar-refractivity contribution < 1.29 is 19.4 Å². The van der Waals surface area contributed by atoms with E-state index in [4.69, 9.17) is 5.11 Å². The highest BCUT2D eigenvalue weighted by atomic mass is 19.1. The van der Waals surface area contributed by atoms with Crippen molar-refractivity contribution in [1.29, 1.82) is 0 Å². The number of allylic oxidation sites excluding steroid dienone is 1. The number of phenolic OH excluding ortho intramolecular Hbond substituents is 1. The number of rotatable bonds is 6. The monoisotopic (exact) mass is 252 g/mol. The van der Waals surface area contributed by atoms with Crippen molar-refractivity contribution in [2.45, 2.75) is 32.3 Å². The summed E-state index contributed by atoms with van der Waals surface area (Å²) >= 11 is 0. The Balaban J connectivity index is 2.58. The van der Waals surface area contributed by atoms with Gasteiger partial charge in [-0.1, -0.05) is 25.5 Å². The summed E-state index contributed by atoms with van der Waals surface area (Å²) in [5.41, 5.74) is 0.489. The van der Waals surface area contributed by atoms with E-state index in [0.717, 1.165) is 12.5 Å². The molecule has 98 valence electrons. The average molecular weight is 252 g/mol. The predicted octanol–water partition coefficient (Wildman–Crippen LogP) is 2.66. The van der Waals surface area contributed by atoms with Gasteiger partial charge in [-0.2, -0.15) is 0 Å². The maximum atomic E-state index is 13.0. The number of phenols is 1. The number of halogens is 1. The number of benzene rings is 1. The van der Waals surface area contributed by atoms with Crippen LogP contribution in [0.1, 0.15) is 31.7 Å². The lowest BCUT2D eigenvalue weighted by Crippen LogP contribution is -2.11. The molecule has 0 aliphatic rings. The lowest BCUT2D eigenvalue weighted by Gasteiger charge is -2.05. The summed E-state index contributed by atoms with van der Waals surface area (Å²) in [6, 6.07) is 3.87.